The summed E-state index contributed by atoms with van der Waals surface area (Å²) in [6, 6.07) is 7.03. The van der Waals surface area contributed by atoms with Gasteiger partial charge in [0.15, 0.2) is 10.9 Å². The zero-order chi connectivity index (χ0) is 19.6. The predicted octanol–water partition coefficient (Wildman–Crippen LogP) is 4.75. The van der Waals surface area contributed by atoms with Gasteiger partial charge < -0.3 is 9.15 Å². The SMILES string of the molecule is Cc1nc(NC(=O)c2ccc(COc3ccc([N+](=O)[O-])cc3Cl)o2)sc1C. The molecule has 0 saturated carbocycles. The number of thiazole rings is 1. The van der Waals surface area contributed by atoms with Gasteiger partial charge >= 0.3 is 0 Å². The Balaban J connectivity index is 1.62. The van der Waals surface area contributed by atoms with Crippen LogP contribution >= 0.6 is 22.9 Å². The Morgan fingerprint density at radius 1 is 1.37 bits per heavy atom. The lowest BCUT2D eigenvalue weighted by atomic mass is 10.3. The number of furan rings is 1. The Morgan fingerprint density at radius 2 is 2.15 bits per heavy atom. The molecule has 3 aromatic rings. The van der Waals surface area contributed by atoms with E-state index < -0.39 is 10.8 Å². The molecule has 0 fully saturated rings. The smallest absolute Gasteiger partial charge is 0.293 e. The molecule has 0 aliphatic heterocycles. The number of aryl methyl sites for hydroxylation is 2. The van der Waals surface area contributed by atoms with Crippen LogP contribution in [0.15, 0.2) is 34.7 Å². The minimum Gasteiger partial charge on any atom is -0.484 e. The normalized spacial score (nSPS) is 10.6. The fourth-order valence-corrected chi connectivity index (χ4v) is 3.17. The third-order valence-electron chi connectivity index (χ3n) is 3.63. The predicted molar refractivity (Wildman–Crippen MR) is 101 cm³/mol. The van der Waals surface area contributed by atoms with Crippen molar-refractivity contribution in [3.8, 4) is 5.75 Å². The summed E-state index contributed by atoms with van der Waals surface area (Å²) in [7, 11) is 0. The highest BCUT2D eigenvalue weighted by atomic mass is 35.5. The number of aromatic nitrogens is 1. The van der Waals surface area contributed by atoms with Gasteiger partial charge in [-0.05, 0) is 32.0 Å². The van der Waals surface area contributed by atoms with Gasteiger partial charge in [0.2, 0.25) is 0 Å². The molecule has 0 radical (unpaired) electrons. The van der Waals surface area contributed by atoms with E-state index in [1.54, 1.807) is 6.07 Å². The number of benzene rings is 1. The number of halogens is 1. The first-order valence-corrected chi connectivity index (χ1v) is 8.94. The van der Waals surface area contributed by atoms with Gasteiger partial charge in [-0.3, -0.25) is 20.2 Å². The summed E-state index contributed by atoms with van der Waals surface area (Å²) >= 11 is 7.35. The lowest BCUT2D eigenvalue weighted by molar-refractivity contribution is -0.384. The molecule has 2 heterocycles. The number of amides is 1. The standard InChI is InChI=1S/C17H14ClN3O5S/c1-9-10(2)27-17(19-9)20-16(22)15-6-4-12(26-15)8-25-14-5-3-11(21(23)24)7-13(14)18/h3-7H,8H2,1-2H3,(H,19,20,22). The summed E-state index contributed by atoms with van der Waals surface area (Å²) in [5.41, 5.74) is 0.737. The number of nitrogens with zero attached hydrogens (tertiary/aromatic N) is 2. The van der Waals surface area contributed by atoms with Gasteiger partial charge in [-0.1, -0.05) is 11.6 Å². The Bertz CT molecular complexity index is 994. The number of hydrogen-bond acceptors (Lipinski definition) is 7. The molecular weight excluding hydrogens is 394 g/mol. The van der Waals surface area contributed by atoms with Crippen molar-refractivity contribution in [1.82, 2.24) is 4.98 Å². The number of rotatable bonds is 6. The molecule has 1 amide bonds. The molecule has 0 aliphatic carbocycles. The van der Waals surface area contributed by atoms with Crippen LogP contribution in [-0.2, 0) is 6.61 Å². The number of nitro groups is 1. The summed E-state index contributed by atoms with van der Waals surface area (Å²) < 4.78 is 11.0. The molecule has 1 N–H and O–H groups in total. The average Bonchev–Trinajstić information content (AvgIpc) is 3.20. The fourth-order valence-electron chi connectivity index (χ4n) is 2.13. The first-order chi connectivity index (χ1) is 12.8. The van der Waals surface area contributed by atoms with Gasteiger partial charge in [0.05, 0.1) is 15.6 Å². The number of hydrogen-bond donors (Lipinski definition) is 1. The van der Waals surface area contributed by atoms with E-state index in [2.05, 4.69) is 10.3 Å². The molecule has 10 heteroatoms. The van der Waals surface area contributed by atoms with Crippen LogP contribution in [0, 0.1) is 24.0 Å². The number of nitrogens with one attached hydrogen (secondary N) is 1. The zero-order valence-corrected chi connectivity index (χ0v) is 15.9. The number of non-ortho nitro benzene ring substituents is 1. The van der Waals surface area contributed by atoms with Gasteiger partial charge in [-0.2, -0.15) is 0 Å². The highest BCUT2D eigenvalue weighted by molar-refractivity contribution is 7.15. The maximum absolute atomic E-state index is 12.2. The van der Waals surface area contributed by atoms with Crippen molar-refractivity contribution < 1.29 is 18.9 Å². The molecule has 0 unspecified atom stereocenters. The van der Waals surface area contributed by atoms with Crippen molar-refractivity contribution >= 4 is 39.7 Å². The van der Waals surface area contributed by atoms with E-state index >= 15 is 0 Å². The van der Waals surface area contributed by atoms with Crippen LogP contribution in [-0.4, -0.2) is 15.8 Å². The topological polar surface area (TPSA) is 108 Å². The van der Waals surface area contributed by atoms with Crippen LogP contribution in [0.1, 0.15) is 26.9 Å². The molecule has 27 heavy (non-hydrogen) atoms. The van der Waals surface area contributed by atoms with Crippen molar-refractivity contribution in [2.45, 2.75) is 20.5 Å². The highest BCUT2D eigenvalue weighted by Gasteiger charge is 2.15. The van der Waals surface area contributed by atoms with Crippen molar-refractivity contribution in [2.75, 3.05) is 5.32 Å². The monoisotopic (exact) mass is 407 g/mol. The van der Waals surface area contributed by atoms with E-state index in [9.17, 15) is 14.9 Å². The number of carbonyl (C=O) groups is 1. The fraction of sp³-hybridized carbons (Fsp3) is 0.176. The van der Waals surface area contributed by atoms with E-state index in [0.29, 0.717) is 10.9 Å². The first-order valence-electron chi connectivity index (χ1n) is 7.74. The highest BCUT2D eigenvalue weighted by Crippen LogP contribution is 2.29. The third kappa shape index (κ3) is 4.44. The van der Waals surface area contributed by atoms with Crippen molar-refractivity contribution in [1.29, 1.82) is 0 Å². The summed E-state index contributed by atoms with van der Waals surface area (Å²) in [6.07, 6.45) is 0. The second kappa shape index (κ2) is 7.77. The molecular formula is C17H14ClN3O5S. The quantitative estimate of drug-likeness (QED) is 0.466. The van der Waals surface area contributed by atoms with Crippen LogP contribution < -0.4 is 10.1 Å². The molecule has 140 valence electrons. The molecule has 1 aromatic carbocycles. The Morgan fingerprint density at radius 3 is 2.78 bits per heavy atom. The minimum absolute atomic E-state index is 0.0142. The second-order valence-electron chi connectivity index (χ2n) is 5.54. The summed E-state index contributed by atoms with van der Waals surface area (Å²) in [4.78, 5) is 27.7. The summed E-state index contributed by atoms with van der Waals surface area (Å²) in [6.45, 7) is 3.81. The lowest BCUT2D eigenvalue weighted by Gasteiger charge is -2.06. The number of ether oxygens (including phenoxy) is 1. The Labute approximate surface area is 162 Å². The molecule has 2 aromatic heterocycles. The van der Waals surface area contributed by atoms with Crippen molar-refractivity contribution in [2.24, 2.45) is 0 Å². The lowest BCUT2D eigenvalue weighted by Crippen LogP contribution is -2.10. The Hall–Kier alpha value is -2.91. The van der Waals surface area contributed by atoms with Crippen molar-refractivity contribution in [3.05, 3.63) is 67.6 Å². The summed E-state index contributed by atoms with van der Waals surface area (Å²) in [5, 5.41) is 14.0. The van der Waals surface area contributed by atoms with Gasteiger partial charge in [0, 0.05) is 17.0 Å². The van der Waals surface area contributed by atoms with Crippen LogP contribution in [0.2, 0.25) is 5.02 Å². The minimum atomic E-state index is -0.543. The van der Waals surface area contributed by atoms with E-state index in [-0.39, 0.29) is 28.8 Å². The zero-order valence-electron chi connectivity index (χ0n) is 14.3. The van der Waals surface area contributed by atoms with Gasteiger partial charge in [0.25, 0.3) is 11.6 Å². The van der Waals surface area contributed by atoms with Crippen LogP contribution in [0.4, 0.5) is 10.8 Å². The van der Waals surface area contributed by atoms with E-state index in [1.807, 2.05) is 13.8 Å². The third-order valence-corrected chi connectivity index (χ3v) is 4.91. The molecule has 0 atom stereocenters. The summed E-state index contributed by atoms with van der Waals surface area (Å²) in [5.74, 6) is 0.386. The second-order valence-corrected chi connectivity index (χ2v) is 7.15. The molecule has 8 nitrogen and oxygen atoms in total. The molecule has 0 aliphatic rings. The number of nitro benzene ring substituents is 1. The van der Waals surface area contributed by atoms with Gasteiger partial charge in [0.1, 0.15) is 18.1 Å². The largest absolute Gasteiger partial charge is 0.484 e. The van der Waals surface area contributed by atoms with Crippen LogP contribution in [0.3, 0.4) is 0 Å². The van der Waals surface area contributed by atoms with Crippen LogP contribution in [0.25, 0.3) is 0 Å². The first kappa shape index (κ1) is 18.9. The Kier molecular flexibility index (Phi) is 5.43. The molecule has 0 saturated heterocycles. The maximum Gasteiger partial charge on any atom is 0.293 e. The van der Waals surface area contributed by atoms with Gasteiger partial charge in [-0.15, -0.1) is 11.3 Å². The molecule has 3 rings (SSSR count). The van der Waals surface area contributed by atoms with E-state index in [1.165, 1.54) is 35.6 Å². The maximum atomic E-state index is 12.2. The van der Waals surface area contributed by atoms with Gasteiger partial charge in [-0.25, -0.2) is 4.98 Å². The number of anilines is 1. The average molecular weight is 408 g/mol. The van der Waals surface area contributed by atoms with Crippen molar-refractivity contribution in [3.63, 3.8) is 0 Å². The number of carbonyl (C=O) groups excluding carboxylic acids is 1. The molecule has 0 spiro atoms. The van der Waals surface area contributed by atoms with E-state index in [0.717, 1.165) is 10.6 Å². The van der Waals surface area contributed by atoms with E-state index in [4.69, 9.17) is 20.8 Å². The molecule has 0 bridgehead atoms. The van der Waals surface area contributed by atoms with Crippen LogP contribution in [0.5, 0.6) is 5.75 Å².